The average Bonchev–Trinajstić information content (AvgIpc) is 2.47. The number of nitrogens with one attached hydrogen (secondary N) is 3. The van der Waals surface area contributed by atoms with Crippen LogP contribution in [-0.2, 0) is 9.53 Å². The molecule has 0 bridgehead atoms. The van der Waals surface area contributed by atoms with Crippen molar-refractivity contribution in [1.29, 1.82) is 0 Å². The molecule has 0 aromatic carbocycles. The summed E-state index contributed by atoms with van der Waals surface area (Å²) in [5.41, 5.74) is -0.440. The van der Waals surface area contributed by atoms with Gasteiger partial charge in [-0.3, -0.25) is 9.79 Å². The summed E-state index contributed by atoms with van der Waals surface area (Å²) in [5, 5.41) is 9.61. The molecule has 1 amide bonds. The van der Waals surface area contributed by atoms with Gasteiger partial charge in [0.2, 0.25) is 5.91 Å². The fourth-order valence-corrected chi connectivity index (χ4v) is 2.70. The van der Waals surface area contributed by atoms with Crippen molar-refractivity contribution in [2.24, 2.45) is 15.8 Å². The Balaban J connectivity index is 2.39. The molecule has 1 aliphatic rings. The lowest BCUT2D eigenvalue weighted by Gasteiger charge is -2.59. The molecule has 2 atom stereocenters. The predicted octanol–water partition coefficient (Wildman–Crippen LogP) is 1.52. The molecule has 0 heterocycles. The second-order valence-corrected chi connectivity index (χ2v) is 8.06. The first-order chi connectivity index (χ1) is 10.5. The maximum absolute atomic E-state index is 11.8. The van der Waals surface area contributed by atoms with Crippen molar-refractivity contribution in [3.8, 4) is 0 Å². The highest BCUT2D eigenvalue weighted by molar-refractivity contribution is 5.82. The molecule has 0 saturated heterocycles. The Hall–Kier alpha value is -1.30. The highest BCUT2D eigenvalue weighted by Gasteiger charge is 2.58. The molecule has 0 aromatic heterocycles. The molecule has 1 saturated carbocycles. The Labute approximate surface area is 140 Å². The van der Waals surface area contributed by atoms with Gasteiger partial charge in [-0.05, 0) is 13.3 Å². The number of rotatable bonds is 5. The Morgan fingerprint density at radius 3 is 2.22 bits per heavy atom. The van der Waals surface area contributed by atoms with Crippen molar-refractivity contribution in [3.63, 3.8) is 0 Å². The van der Waals surface area contributed by atoms with Gasteiger partial charge in [0, 0.05) is 44.1 Å². The number of carbonyl (C=O) groups excluding carboxylic acids is 1. The molecule has 2 unspecified atom stereocenters. The van der Waals surface area contributed by atoms with Gasteiger partial charge in [0.1, 0.15) is 0 Å². The second kappa shape index (κ2) is 7.07. The molecule has 3 N–H and O–H groups in total. The maximum Gasteiger partial charge on any atom is 0.225 e. The van der Waals surface area contributed by atoms with E-state index in [-0.39, 0.29) is 22.3 Å². The lowest BCUT2D eigenvalue weighted by atomic mass is 9.56. The molecule has 23 heavy (non-hydrogen) atoms. The summed E-state index contributed by atoms with van der Waals surface area (Å²) in [7, 11) is 3.52. The highest BCUT2D eigenvalue weighted by atomic mass is 16.5. The molecule has 0 spiro atoms. The molecule has 1 fully saturated rings. The van der Waals surface area contributed by atoms with Crippen LogP contribution >= 0.6 is 0 Å². The third-order valence-corrected chi connectivity index (χ3v) is 5.20. The van der Waals surface area contributed by atoms with Crippen molar-refractivity contribution >= 4 is 11.9 Å². The van der Waals surface area contributed by atoms with Crippen LogP contribution in [0.1, 0.15) is 48.0 Å². The van der Waals surface area contributed by atoms with Crippen LogP contribution in [0.25, 0.3) is 0 Å². The lowest BCUT2D eigenvalue weighted by Crippen LogP contribution is -2.69. The Bertz CT molecular complexity index is 454. The SMILES string of the molecule is CN=C(NCCNC(=O)C(C)(C)C)NC1CC(C)(OC)C1(C)C. The molecule has 134 valence electrons. The molecule has 6 nitrogen and oxygen atoms in total. The fourth-order valence-electron chi connectivity index (χ4n) is 2.70. The summed E-state index contributed by atoms with van der Waals surface area (Å²) in [6, 6.07) is 0.308. The zero-order valence-electron chi connectivity index (χ0n) is 16.0. The van der Waals surface area contributed by atoms with Gasteiger partial charge in [0.25, 0.3) is 0 Å². The van der Waals surface area contributed by atoms with Gasteiger partial charge in [0.05, 0.1) is 5.60 Å². The molecular weight excluding hydrogens is 292 g/mol. The first-order valence-corrected chi connectivity index (χ1v) is 8.28. The van der Waals surface area contributed by atoms with Gasteiger partial charge < -0.3 is 20.7 Å². The highest BCUT2D eigenvalue weighted by Crippen LogP contribution is 2.51. The van der Waals surface area contributed by atoms with E-state index in [2.05, 4.69) is 41.7 Å². The summed E-state index contributed by atoms with van der Waals surface area (Å²) < 4.78 is 5.64. The standard InChI is InChI=1S/C17H34N4O2/c1-15(2,3)13(22)19-9-10-20-14(18-7)21-12-11-17(6,23-8)16(12,4)5/h12H,9-11H2,1-8H3,(H,19,22)(H2,18,20,21). The van der Waals surface area contributed by atoms with Gasteiger partial charge in [-0.15, -0.1) is 0 Å². The van der Waals surface area contributed by atoms with Gasteiger partial charge in [-0.2, -0.15) is 0 Å². The Morgan fingerprint density at radius 2 is 1.78 bits per heavy atom. The Kier molecular flexibility index (Phi) is 6.07. The van der Waals surface area contributed by atoms with E-state index in [1.165, 1.54) is 0 Å². The van der Waals surface area contributed by atoms with Crippen LogP contribution in [0.4, 0.5) is 0 Å². The number of nitrogens with zero attached hydrogens (tertiary/aromatic N) is 1. The number of aliphatic imine (C=N–C) groups is 1. The summed E-state index contributed by atoms with van der Waals surface area (Å²) >= 11 is 0. The minimum Gasteiger partial charge on any atom is -0.378 e. The predicted molar refractivity (Wildman–Crippen MR) is 94.6 cm³/mol. The molecule has 0 aromatic rings. The first-order valence-electron chi connectivity index (χ1n) is 8.28. The van der Waals surface area contributed by atoms with Crippen LogP contribution < -0.4 is 16.0 Å². The van der Waals surface area contributed by atoms with Crippen LogP contribution in [0.3, 0.4) is 0 Å². The lowest BCUT2D eigenvalue weighted by molar-refractivity contribution is -0.176. The van der Waals surface area contributed by atoms with Crippen molar-refractivity contribution in [3.05, 3.63) is 0 Å². The van der Waals surface area contributed by atoms with Crippen LogP contribution in [0.5, 0.6) is 0 Å². The largest absolute Gasteiger partial charge is 0.378 e. The minimum absolute atomic E-state index is 0.0276. The molecule has 6 heteroatoms. The zero-order valence-corrected chi connectivity index (χ0v) is 16.0. The molecule has 0 aliphatic heterocycles. The summed E-state index contributed by atoms with van der Waals surface area (Å²) in [6.45, 7) is 13.5. The zero-order chi connectivity index (χ0) is 17.9. The van der Waals surface area contributed by atoms with Crippen LogP contribution in [0, 0.1) is 10.8 Å². The number of hydrogen-bond donors (Lipinski definition) is 3. The van der Waals surface area contributed by atoms with E-state index in [9.17, 15) is 4.79 Å². The first kappa shape index (κ1) is 19.7. The van der Waals surface area contributed by atoms with Gasteiger partial charge >= 0.3 is 0 Å². The van der Waals surface area contributed by atoms with E-state index in [1.807, 2.05) is 20.8 Å². The van der Waals surface area contributed by atoms with Crippen LogP contribution in [0.2, 0.25) is 0 Å². The average molecular weight is 326 g/mol. The van der Waals surface area contributed by atoms with E-state index in [4.69, 9.17) is 4.74 Å². The summed E-state index contributed by atoms with van der Waals surface area (Å²) in [4.78, 5) is 16.1. The number of ether oxygens (including phenoxy) is 1. The topological polar surface area (TPSA) is 74.8 Å². The quantitative estimate of drug-likeness (QED) is 0.407. The van der Waals surface area contributed by atoms with Crippen molar-refractivity contribution < 1.29 is 9.53 Å². The normalized spacial score (nSPS) is 27.1. The van der Waals surface area contributed by atoms with Crippen LogP contribution in [-0.4, -0.2) is 50.8 Å². The van der Waals surface area contributed by atoms with Crippen molar-refractivity contribution in [1.82, 2.24) is 16.0 Å². The number of guanidine groups is 1. The van der Waals surface area contributed by atoms with Crippen molar-refractivity contribution in [2.75, 3.05) is 27.2 Å². The second-order valence-electron chi connectivity index (χ2n) is 8.06. The van der Waals surface area contributed by atoms with E-state index < -0.39 is 0 Å². The van der Waals surface area contributed by atoms with E-state index in [0.29, 0.717) is 19.1 Å². The summed E-state index contributed by atoms with van der Waals surface area (Å²) in [6.07, 6.45) is 0.942. The van der Waals surface area contributed by atoms with Crippen LogP contribution in [0.15, 0.2) is 4.99 Å². The van der Waals surface area contributed by atoms with Gasteiger partial charge in [0.15, 0.2) is 5.96 Å². The van der Waals surface area contributed by atoms with E-state index in [1.54, 1.807) is 14.2 Å². The van der Waals surface area contributed by atoms with Crippen molar-refractivity contribution in [2.45, 2.75) is 59.6 Å². The van der Waals surface area contributed by atoms with Gasteiger partial charge in [-0.25, -0.2) is 0 Å². The summed E-state index contributed by atoms with van der Waals surface area (Å²) in [5.74, 6) is 0.810. The van der Waals surface area contributed by atoms with E-state index >= 15 is 0 Å². The Morgan fingerprint density at radius 1 is 1.22 bits per heavy atom. The maximum atomic E-state index is 11.8. The smallest absolute Gasteiger partial charge is 0.225 e. The molecular formula is C17H34N4O2. The molecule has 0 radical (unpaired) electrons. The van der Waals surface area contributed by atoms with Gasteiger partial charge in [-0.1, -0.05) is 34.6 Å². The number of amides is 1. The number of carbonyl (C=O) groups is 1. The monoisotopic (exact) mass is 326 g/mol. The minimum atomic E-state index is -0.361. The molecule has 1 rings (SSSR count). The third kappa shape index (κ3) is 4.37. The fraction of sp³-hybridized carbons (Fsp3) is 0.882. The van der Waals surface area contributed by atoms with E-state index in [0.717, 1.165) is 12.4 Å². The number of hydrogen-bond acceptors (Lipinski definition) is 3. The third-order valence-electron chi connectivity index (χ3n) is 5.20. The molecule has 1 aliphatic carbocycles. The number of methoxy groups -OCH3 is 1.